The number of benzene rings is 1. The summed E-state index contributed by atoms with van der Waals surface area (Å²) in [5, 5.41) is -0.336. The SMILES string of the molecule is O=Cc1ccc(S(=O)(=O)NCc2ccc(F)cc2)o1. The van der Waals surface area contributed by atoms with E-state index in [0.29, 0.717) is 11.8 Å². The second-order valence-corrected chi connectivity index (χ2v) is 5.42. The van der Waals surface area contributed by atoms with Gasteiger partial charge in [0.1, 0.15) is 5.82 Å². The molecule has 0 spiro atoms. The first kappa shape index (κ1) is 13.4. The van der Waals surface area contributed by atoms with Crippen molar-refractivity contribution < 1.29 is 22.0 Å². The van der Waals surface area contributed by atoms with Gasteiger partial charge in [0.05, 0.1) is 0 Å². The number of rotatable bonds is 5. The third-order valence-electron chi connectivity index (χ3n) is 2.36. The molecule has 0 atom stereocenters. The highest BCUT2D eigenvalue weighted by Gasteiger charge is 2.18. The number of nitrogens with one attached hydrogen (secondary N) is 1. The summed E-state index contributed by atoms with van der Waals surface area (Å²) in [6.07, 6.45) is 0.416. The molecule has 0 aliphatic heterocycles. The average Bonchev–Trinajstić information content (AvgIpc) is 2.88. The van der Waals surface area contributed by atoms with Gasteiger partial charge in [-0.15, -0.1) is 0 Å². The largest absolute Gasteiger partial charge is 0.440 e. The van der Waals surface area contributed by atoms with E-state index in [1.165, 1.54) is 36.4 Å². The van der Waals surface area contributed by atoms with Gasteiger partial charge >= 0.3 is 0 Å². The molecule has 0 amide bonds. The van der Waals surface area contributed by atoms with Crippen molar-refractivity contribution in [3.05, 3.63) is 53.5 Å². The van der Waals surface area contributed by atoms with Crippen LogP contribution in [-0.4, -0.2) is 14.7 Å². The standard InChI is InChI=1S/C12H10FNO4S/c13-10-3-1-9(2-4-10)7-14-19(16,17)12-6-5-11(8-15)18-12/h1-6,8,14H,7H2. The van der Waals surface area contributed by atoms with Gasteiger partial charge in [0.15, 0.2) is 12.0 Å². The molecular formula is C12H10FNO4S. The zero-order valence-corrected chi connectivity index (χ0v) is 10.5. The Morgan fingerprint density at radius 1 is 1.16 bits per heavy atom. The van der Waals surface area contributed by atoms with E-state index in [4.69, 9.17) is 4.42 Å². The fourth-order valence-corrected chi connectivity index (χ4v) is 2.35. The molecule has 1 N–H and O–H groups in total. The van der Waals surface area contributed by atoms with Gasteiger partial charge < -0.3 is 4.42 Å². The van der Waals surface area contributed by atoms with Crippen LogP contribution in [0.4, 0.5) is 4.39 Å². The van der Waals surface area contributed by atoms with Gasteiger partial charge in [0.25, 0.3) is 10.0 Å². The highest BCUT2D eigenvalue weighted by Crippen LogP contribution is 2.13. The first-order valence-corrected chi connectivity index (χ1v) is 6.79. The van der Waals surface area contributed by atoms with Crippen LogP contribution in [0, 0.1) is 5.82 Å². The molecule has 0 bridgehead atoms. The maximum absolute atomic E-state index is 12.7. The predicted molar refractivity (Wildman–Crippen MR) is 64.5 cm³/mol. The van der Waals surface area contributed by atoms with E-state index in [9.17, 15) is 17.6 Å². The first-order valence-electron chi connectivity index (χ1n) is 5.30. The van der Waals surface area contributed by atoms with Crippen LogP contribution in [0.15, 0.2) is 45.9 Å². The van der Waals surface area contributed by atoms with Gasteiger partial charge in [-0.1, -0.05) is 12.1 Å². The Balaban J connectivity index is 2.09. The molecule has 19 heavy (non-hydrogen) atoms. The van der Waals surface area contributed by atoms with E-state index < -0.39 is 15.8 Å². The van der Waals surface area contributed by atoms with Gasteiger partial charge in [-0.3, -0.25) is 4.79 Å². The van der Waals surface area contributed by atoms with Crippen LogP contribution >= 0.6 is 0 Å². The summed E-state index contributed by atoms with van der Waals surface area (Å²) in [5.41, 5.74) is 0.604. The van der Waals surface area contributed by atoms with Gasteiger partial charge in [0, 0.05) is 6.54 Å². The third kappa shape index (κ3) is 3.27. The Bertz CT molecular complexity index is 676. The molecule has 2 aromatic rings. The molecule has 0 aliphatic rings. The predicted octanol–water partition coefficient (Wildman–Crippen LogP) is 1.71. The normalized spacial score (nSPS) is 11.4. The average molecular weight is 283 g/mol. The lowest BCUT2D eigenvalue weighted by Crippen LogP contribution is -2.22. The van der Waals surface area contributed by atoms with Crippen LogP contribution in [0.2, 0.25) is 0 Å². The molecule has 0 fully saturated rings. The third-order valence-corrected chi connectivity index (χ3v) is 3.64. The molecule has 0 radical (unpaired) electrons. The number of hydrogen-bond donors (Lipinski definition) is 1. The highest BCUT2D eigenvalue weighted by molar-refractivity contribution is 7.89. The lowest BCUT2D eigenvalue weighted by Gasteiger charge is -2.04. The van der Waals surface area contributed by atoms with Gasteiger partial charge in [0.2, 0.25) is 5.09 Å². The molecular weight excluding hydrogens is 273 g/mol. The van der Waals surface area contributed by atoms with E-state index in [1.807, 2.05) is 0 Å². The number of carbonyl (C=O) groups is 1. The number of halogens is 1. The minimum atomic E-state index is -3.83. The molecule has 100 valence electrons. The first-order chi connectivity index (χ1) is 9.01. The van der Waals surface area contributed by atoms with Crippen LogP contribution in [-0.2, 0) is 16.6 Å². The molecule has 1 heterocycles. The van der Waals surface area contributed by atoms with Crippen molar-refractivity contribution in [3.63, 3.8) is 0 Å². The monoisotopic (exact) mass is 283 g/mol. The number of hydrogen-bond acceptors (Lipinski definition) is 4. The van der Waals surface area contributed by atoms with E-state index in [0.717, 1.165) is 0 Å². The smallest absolute Gasteiger partial charge is 0.274 e. The topological polar surface area (TPSA) is 76.4 Å². The van der Waals surface area contributed by atoms with E-state index in [1.54, 1.807) is 0 Å². The van der Waals surface area contributed by atoms with Crippen molar-refractivity contribution in [2.45, 2.75) is 11.6 Å². The molecule has 2 rings (SSSR count). The minimum absolute atomic E-state index is 0.000262. The zero-order chi connectivity index (χ0) is 13.9. The Morgan fingerprint density at radius 3 is 2.42 bits per heavy atom. The number of carbonyl (C=O) groups excluding carboxylic acids is 1. The Hall–Kier alpha value is -1.99. The summed E-state index contributed by atoms with van der Waals surface area (Å²) in [7, 11) is -3.83. The summed E-state index contributed by atoms with van der Waals surface area (Å²) in [6.45, 7) is -0.000262. The maximum Gasteiger partial charge on any atom is 0.274 e. The van der Waals surface area contributed by atoms with Crippen LogP contribution in [0.1, 0.15) is 16.1 Å². The van der Waals surface area contributed by atoms with Crippen molar-refractivity contribution in [1.82, 2.24) is 4.72 Å². The molecule has 7 heteroatoms. The van der Waals surface area contributed by atoms with Crippen molar-refractivity contribution in [1.29, 1.82) is 0 Å². The summed E-state index contributed by atoms with van der Waals surface area (Å²) < 4.78 is 43.4. The van der Waals surface area contributed by atoms with Crippen LogP contribution < -0.4 is 4.72 Å². The molecule has 5 nitrogen and oxygen atoms in total. The summed E-state index contributed by atoms with van der Waals surface area (Å²) in [4.78, 5) is 10.4. The van der Waals surface area contributed by atoms with E-state index >= 15 is 0 Å². The summed E-state index contributed by atoms with van der Waals surface area (Å²) in [6, 6.07) is 7.87. The van der Waals surface area contributed by atoms with Crippen LogP contribution in [0.25, 0.3) is 0 Å². The molecule has 1 aromatic heterocycles. The maximum atomic E-state index is 12.7. The second kappa shape index (κ2) is 5.33. The van der Waals surface area contributed by atoms with E-state index in [2.05, 4.69) is 4.72 Å². The fraction of sp³-hybridized carbons (Fsp3) is 0.0833. The fourth-order valence-electron chi connectivity index (χ4n) is 1.39. The molecule has 1 aromatic carbocycles. The minimum Gasteiger partial charge on any atom is -0.440 e. The lowest BCUT2D eigenvalue weighted by atomic mass is 10.2. The van der Waals surface area contributed by atoms with Crippen molar-refractivity contribution in [2.24, 2.45) is 0 Å². The molecule has 0 saturated heterocycles. The number of furan rings is 1. The van der Waals surface area contributed by atoms with Crippen molar-refractivity contribution >= 4 is 16.3 Å². The van der Waals surface area contributed by atoms with E-state index in [-0.39, 0.29) is 17.4 Å². The molecule has 0 unspecified atom stereocenters. The zero-order valence-electron chi connectivity index (χ0n) is 9.67. The molecule has 0 saturated carbocycles. The quantitative estimate of drug-likeness (QED) is 0.847. The molecule has 0 aliphatic carbocycles. The number of aldehydes is 1. The van der Waals surface area contributed by atoms with Crippen molar-refractivity contribution in [2.75, 3.05) is 0 Å². The Labute approximate surface area is 109 Å². The van der Waals surface area contributed by atoms with Crippen LogP contribution in [0.3, 0.4) is 0 Å². The van der Waals surface area contributed by atoms with Gasteiger partial charge in [-0.2, -0.15) is 0 Å². The van der Waals surface area contributed by atoms with Gasteiger partial charge in [-0.05, 0) is 29.8 Å². The Kier molecular flexibility index (Phi) is 3.77. The lowest BCUT2D eigenvalue weighted by molar-refractivity contribution is 0.109. The number of sulfonamides is 1. The Morgan fingerprint density at radius 2 is 1.84 bits per heavy atom. The highest BCUT2D eigenvalue weighted by atomic mass is 32.2. The van der Waals surface area contributed by atoms with Crippen molar-refractivity contribution in [3.8, 4) is 0 Å². The van der Waals surface area contributed by atoms with Gasteiger partial charge in [-0.25, -0.2) is 17.5 Å². The summed E-state index contributed by atoms with van der Waals surface area (Å²) >= 11 is 0. The summed E-state index contributed by atoms with van der Waals surface area (Å²) in [5.74, 6) is -0.463. The van der Waals surface area contributed by atoms with Crippen LogP contribution in [0.5, 0.6) is 0 Å². The second-order valence-electron chi connectivity index (χ2n) is 3.73.